The summed E-state index contributed by atoms with van der Waals surface area (Å²) in [6.45, 7) is -0.342. The number of carboxylic acid groups (broad SMARTS) is 1. The van der Waals surface area contributed by atoms with Gasteiger partial charge in [-0.2, -0.15) is 0 Å². The molecule has 0 heterocycles. The Morgan fingerprint density at radius 3 is 2.76 bits per heavy atom. The molecule has 0 fully saturated rings. The molecule has 0 aromatic heterocycles. The van der Waals surface area contributed by atoms with Crippen LogP contribution in [0.5, 0.6) is 5.75 Å². The monoisotopic (exact) mass is 239 g/mol. The molecule has 1 aromatic carbocycles. The van der Waals surface area contributed by atoms with Gasteiger partial charge in [0.25, 0.3) is 5.91 Å². The van der Waals surface area contributed by atoms with Crippen LogP contribution in [-0.4, -0.2) is 41.8 Å². The number of hydrogen-bond acceptors (Lipinski definition) is 4. The van der Waals surface area contributed by atoms with Crippen molar-refractivity contribution in [3.05, 3.63) is 29.8 Å². The zero-order valence-electron chi connectivity index (χ0n) is 9.21. The number of methoxy groups -OCH3 is 1. The van der Waals surface area contributed by atoms with E-state index in [4.69, 9.17) is 14.9 Å². The van der Waals surface area contributed by atoms with Crippen LogP contribution in [0.4, 0.5) is 0 Å². The molecule has 0 radical (unpaired) electrons. The molecule has 0 aliphatic carbocycles. The number of carboxylic acids is 1. The van der Waals surface area contributed by atoms with Crippen LogP contribution in [0.2, 0.25) is 0 Å². The molecule has 3 N–H and O–H groups in total. The Labute approximate surface area is 97.8 Å². The minimum atomic E-state index is -1.61. The van der Waals surface area contributed by atoms with Crippen LogP contribution in [0, 0.1) is 0 Å². The zero-order valence-corrected chi connectivity index (χ0v) is 9.21. The van der Waals surface area contributed by atoms with E-state index >= 15 is 0 Å². The molecule has 17 heavy (non-hydrogen) atoms. The maximum atomic E-state index is 11.6. The quantitative estimate of drug-likeness (QED) is 0.665. The van der Waals surface area contributed by atoms with Crippen molar-refractivity contribution in [2.24, 2.45) is 0 Å². The Balaban J connectivity index is 2.60. The van der Waals surface area contributed by atoms with Crippen LogP contribution in [0.3, 0.4) is 0 Å². The van der Waals surface area contributed by atoms with Crippen molar-refractivity contribution >= 4 is 11.9 Å². The second kappa shape index (κ2) is 5.86. The van der Waals surface area contributed by atoms with E-state index in [0.29, 0.717) is 11.3 Å². The van der Waals surface area contributed by atoms with Crippen molar-refractivity contribution in [3.8, 4) is 5.75 Å². The predicted octanol–water partition coefficient (Wildman–Crippen LogP) is -0.130. The van der Waals surface area contributed by atoms with Gasteiger partial charge < -0.3 is 20.3 Å². The van der Waals surface area contributed by atoms with Gasteiger partial charge in [-0.15, -0.1) is 0 Å². The van der Waals surface area contributed by atoms with Crippen molar-refractivity contribution in [3.63, 3.8) is 0 Å². The van der Waals surface area contributed by atoms with E-state index in [9.17, 15) is 9.59 Å². The molecule has 0 saturated heterocycles. The summed E-state index contributed by atoms with van der Waals surface area (Å²) in [5.41, 5.74) is 0.335. The molecule has 92 valence electrons. The summed E-state index contributed by atoms with van der Waals surface area (Å²) < 4.78 is 4.95. The van der Waals surface area contributed by atoms with E-state index in [2.05, 4.69) is 5.32 Å². The van der Waals surface area contributed by atoms with E-state index in [0.717, 1.165) is 0 Å². The Morgan fingerprint density at radius 1 is 1.47 bits per heavy atom. The number of carbonyl (C=O) groups excluding carboxylic acids is 1. The number of nitrogens with one attached hydrogen (secondary N) is 1. The summed E-state index contributed by atoms with van der Waals surface area (Å²) in [4.78, 5) is 21.9. The molecule has 1 atom stereocenters. The highest BCUT2D eigenvalue weighted by atomic mass is 16.5. The molecule has 0 unspecified atom stereocenters. The molecule has 0 bridgehead atoms. The first kappa shape index (κ1) is 13.0. The smallest absolute Gasteiger partial charge is 0.334 e. The fourth-order valence-electron chi connectivity index (χ4n) is 1.14. The highest BCUT2D eigenvalue weighted by molar-refractivity contribution is 5.94. The number of aliphatic carboxylic acids is 1. The van der Waals surface area contributed by atoms with Crippen LogP contribution in [-0.2, 0) is 4.79 Å². The van der Waals surface area contributed by atoms with Crippen LogP contribution in [0.1, 0.15) is 10.4 Å². The largest absolute Gasteiger partial charge is 0.497 e. The average molecular weight is 239 g/mol. The third-order valence-electron chi connectivity index (χ3n) is 2.07. The van der Waals surface area contributed by atoms with Gasteiger partial charge in [0.05, 0.1) is 13.7 Å². The lowest BCUT2D eigenvalue weighted by Gasteiger charge is -2.08. The number of hydrogen-bond donors (Lipinski definition) is 3. The third kappa shape index (κ3) is 3.76. The molecule has 6 heteroatoms. The number of aliphatic hydroxyl groups is 1. The molecule has 1 aromatic rings. The van der Waals surface area contributed by atoms with Gasteiger partial charge in [-0.1, -0.05) is 6.07 Å². The number of aliphatic hydroxyl groups excluding tert-OH is 1. The van der Waals surface area contributed by atoms with Crippen LogP contribution in [0.25, 0.3) is 0 Å². The SMILES string of the molecule is COc1cccc(C(=O)NC[C@H](O)C(=O)O)c1. The first-order valence-electron chi connectivity index (χ1n) is 4.87. The van der Waals surface area contributed by atoms with Gasteiger partial charge >= 0.3 is 5.97 Å². The molecular formula is C11H13NO5. The fraction of sp³-hybridized carbons (Fsp3) is 0.273. The van der Waals surface area contributed by atoms with E-state index < -0.39 is 18.0 Å². The lowest BCUT2D eigenvalue weighted by molar-refractivity contribution is -0.146. The van der Waals surface area contributed by atoms with Gasteiger partial charge in [0.15, 0.2) is 6.10 Å². The molecular weight excluding hydrogens is 226 g/mol. The van der Waals surface area contributed by atoms with E-state index in [1.165, 1.54) is 13.2 Å². The fourth-order valence-corrected chi connectivity index (χ4v) is 1.14. The van der Waals surface area contributed by atoms with Gasteiger partial charge in [-0.25, -0.2) is 4.79 Å². The van der Waals surface area contributed by atoms with Gasteiger partial charge in [-0.05, 0) is 18.2 Å². The number of ether oxygens (including phenoxy) is 1. The van der Waals surface area contributed by atoms with Crippen LogP contribution < -0.4 is 10.1 Å². The maximum absolute atomic E-state index is 11.6. The standard InChI is InChI=1S/C11H13NO5/c1-17-8-4-2-3-7(5-8)10(14)12-6-9(13)11(15)16/h2-5,9,13H,6H2,1H3,(H,12,14)(H,15,16)/t9-/m0/s1. The molecule has 0 spiro atoms. The summed E-state index contributed by atoms with van der Waals surface area (Å²) >= 11 is 0. The van der Waals surface area contributed by atoms with Gasteiger partial charge in [0.1, 0.15) is 5.75 Å². The highest BCUT2D eigenvalue weighted by Crippen LogP contribution is 2.12. The van der Waals surface area contributed by atoms with Crippen molar-refractivity contribution < 1.29 is 24.5 Å². The second-order valence-electron chi connectivity index (χ2n) is 3.30. The first-order valence-corrected chi connectivity index (χ1v) is 4.87. The third-order valence-corrected chi connectivity index (χ3v) is 2.07. The van der Waals surface area contributed by atoms with Gasteiger partial charge in [0, 0.05) is 5.56 Å². The molecule has 0 saturated carbocycles. The lowest BCUT2D eigenvalue weighted by Crippen LogP contribution is -2.36. The average Bonchev–Trinajstić information content (AvgIpc) is 2.35. The lowest BCUT2D eigenvalue weighted by atomic mass is 10.2. The molecule has 0 aliphatic heterocycles. The molecule has 0 aliphatic rings. The van der Waals surface area contributed by atoms with Crippen molar-refractivity contribution in [2.75, 3.05) is 13.7 Å². The summed E-state index contributed by atoms with van der Waals surface area (Å²) in [7, 11) is 1.48. The summed E-state index contributed by atoms with van der Waals surface area (Å²) in [5, 5.41) is 19.7. The van der Waals surface area contributed by atoms with E-state index in [-0.39, 0.29) is 6.54 Å². The van der Waals surface area contributed by atoms with Gasteiger partial charge in [0.2, 0.25) is 0 Å². The number of benzene rings is 1. The Bertz CT molecular complexity index is 418. The van der Waals surface area contributed by atoms with Gasteiger partial charge in [-0.3, -0.25) is 4.79 Å². The Hall–Kier alpha value is -2.08. The minimum absolute atomic E-state index is 0.335. The first-order chi connectivity index (χ1) is 8.04. The zero-order chi connectivity index (χ0) is 12.8. The molecule has 1 amide bonds. The summed E-state index contributed by atoms with van der Waals surface area (Å²) in [6, 6.07) is 6.40. The Kier molecular flexibility index (Phi) is 4.47. The van der Waals surface area contributed by atoms with Crippen molar-refractivity contribution in [1.82, 2.24) is 5.32 Å². The Morgan fingerprint density at radius 2 is 2.18 bits per heavy atom. The van der Waals surface area contributed by atoms with Crippen LogP contribution in [0.15, 0.2) is 24.3 Å². The van der Waals surface area contributed by atoms with E-state index in [1.807, 2.05) is 0 Å². The van der Waals surface area contributed by atoms with Crippen LogP contribution >= 0.6 is 0 Å². The number of rotatable bonds is 5. The van der Waals surface area contributed by atoms with Crippen molar-refractivity contribution in [2.45, 2.75) is 6.10 Å². The normalized spacial score (nSPS) is 11.6. The van der Waals surface area contributed by atoms with E-state index in [1.54, 1.807) is 18.2 Å². The van der Waals surface area contributed by atoms with Crippen molar-refractivity contribution in [1.29, 1.82) is 0 Å². The molecule has 6 nitrogen and oxygen atoms in total. The summed E-state index contributed by atoms with van der Waals surface area (Å²) in [5.74, 6) is -1.32. The second-order valence-corrected chi connectivity index (χ2v) is 3.30. The highest BCUT2D eigenvalue weighted by Gasteiger charge is 2.14. The molecule has 1 rings (SSSR count). The maximum Gasteiger partial charge on any atom is 0.334 e. The summed E-state index contributed by atoms with van der Waals surface area (Å²) in [6.07, 6.45) is -1.61. The predicted molar refractivity (Wildman–Crippen MR) is 59.0 cm³/mol. The number of carbonyl (C=O) groups is 2. The number of amides is 1. The minimum Gasteiger partial charge on any atom is -0.497 e. The topological polar surface area (TPSA) is 95.9 Å².